The Morgan fingerprint density at radius 1 is 1.04 bits per heavy atom. The van der Waals surface area contributed by atoms with Gasteiger partial charge in [0.05, 0.1) is 0 Å². The van der Waals surface area contributed by atoms with E-state index in [1.165, 1.54) is 25.0 Å². The summed E-state index contributed by atoms with van der Waals surface area (Å²) < 4.78 is 26.2. The Balaban J connectivity index is 1.38. The predicted octanol–water partition coefficient (Wildman–Crippen LogP) is 5.61. The van der Waals surface area contributed by atoms with Gasteiger partial charge in [-0.25, -0.2) is 13.8 Å². The van der Waals surface area contributed by atoms with Crippen LogP contribution in [0.2, 0.25) is 0 Å². The molecule has 0 aromatic carbocycles. The zero-order chi connectivity index (χ0) is 16.3. The second-order valence-corrected chi connectivity index (χ2v) is 8.97. The number of halogens is 2. The highest BCUT2D eigenvalue weighted by atomic mass is 19.3. The van der Waals surface area contributed by atoms with Gasteiger partial charge in [0.15, 0.2) is 0 Å². The molecule has 5 aliphatic carbocycles. The third kappa shape index (κ3) is 2.87. The van der Waals surface area contributed by atoms with Crippen LogP contribution >= 0.6 is 0 Å². The predicted molar refractivity (Wildman–Crippen MR) is 88.4 cm³/mol. The maximum absolute atomic E-state index is 13.1. The van der Waals surface area contributed by atoms with Crippen molar-refractivity contribution in [1.29, 1.82) is 5.41 Å². The van der Waals surface area contributed by atoms with Crippen LogP contribution in [0.15, 0.2) is 4.99 Å². The molecule has 4 heteroatoms. The van der Waals surface area contributed by atoms with E-state index in [4.69, 9.17) is 5.41 Å². The van der Waals surface area contributed by atoms with Gasteiger partial charge < -0.3 is 0 Å². The number of aliphatic imine (C=N–C) groups is 1. The lowest BCUT2D eigenvalue weighted by Gasteiger charge is -2.55. The fraction of sp³-hybridized carbons (Fsp3) is 0.895. The molecule has 0 aromatic rings. The lowest BCUT2D eigenvalue weighted by Crippen LogP contribution is -2.48. The average molecular weight is 322 g/mol. The molecule has 0 atom stereocenters. The lowest BCUT2D eigenvalue weighted by atomic mass is 9.50. The molecule has 1 N–H and O–H groups in total. The summed E-state index contributed by atoms with van der Waals surface area (Å²) in [5, 5.41) is 8.07. The van der Waals surface area contributed by atoms with Crippen molar-refractivity contribution in [3.05, 3.63) is 0 Å². The molecule has 5 aliphatic rings. The quantitative estimate of drug-likeness (QED) is 0.516. The number of amidine groups is 1. The third-order valence-corrected chi connectivity index (χ3v) is 7.32. The minimum absolute atomic E-state index is 0.124. The van der Waals surface area contributed by atoms with Gasteiger partial charge >= 0.3 is 0 Å². The molecule has 2 bridgehead atoms. The molecule has 5 saturated carbocycles. The van der Waals surface area contributed by atoms with Crippen molar-refractivity contribution in [3.63, 3.8) is 0 Å². The first-order chi connectivity index (χ1) is 10.8. The van der Waals surface area contributed by atoms with Crippen molar-refractivity contribution >= 4 is 11.5 Å². The Kier molecular flexibility index (Phi) is 3.48. The van der Waals surface area contributed by atoms with Crippen molar-refractivity contribution in [2.75, 3.05) is 0 Å². The maximum Gasteiger partial charge on any atom is 0.248 e. The summed E-state index contributed by atoms with van der Waals surface area (Å²) in [6.07, 6.45) is 10.5. The van der Waals surface area contributed by atoms with Crippen molar-refractivity contribution in [2.24, 2.45) is 27.7 Å². The fourth-order valence-electron chi connectivity index (χ4n) is 5.40. The van der Waals surface area contributed by atoms with Crippen LogP contribution in [0.3, 0.4) is 0 Å². The van der Waals surface area contributed by atoms with E-state index < -0.39 is 5.92 Å². The van der Waals surface area contributed by atoms with Gasteiger partial charge in [0.2, 0.25) is 5.92 Å². The monoisotopic (exact) mass is 322 g/mol. The zero-order valence-corrected chi connectivity index (χ0v) is 14.1. The highest BCUT2D eigenvalue weighted by Crippen LogP contribution is 2.61. The van der Waals surface area contributed by atoms with Crippen molar-refractivity contribution in [2.45, 2.75) is 83.5 Å². The number of hydrogen-bond acceptors (Lipinski definition) is 1. The molecule has 5 fully saturated rings. The molecule has 2 nitrogen and oxygen atoms in total. The summed E-state index contributed by atoms with van der Waals surface area (Å²) >= 11 is 0. The molecule has 0 radical (unpaired) electrons. The Morgan fingerprint density at radius 2 is 1.61 bits per heavy atom. The lowest BCUT2D eigenvalue weighted by molar-refractivity contribution is -0.129. The average Bonchev–Trinajstić information content (AvgIpc) is 3.31. The van der Waals surface area contributed by atoms with Crippen molar-refractivity contribution in [3.8, 4) is 0 Å². The first-order valence-corrected chi connectivity index (χ1v) is 9.34. The van der Waals surface area contributed by atoms with Crippen LogP contribution in [-0.4, -0.2) is 17.5 Å². The van der Waals surface area contributed by atoms with Gasteiger partial charge in [-0.3, -0.25) is 5.41 Å². The van der Waals surface area contributed by atoms with E-state index in [1.54, 1.807) is 0 Å². The second-order valence-electron chi connectivity index (χ2n) is 8.97. The Labute approximate surface area is 137 Å². The van der Waals surface area contributed by atoms with Crippen LogP contribution < -0.4 is 0 Å². The van der Waals surface area contributed by atoms with Crippen LogP contribution in [-0.2, 0) is 0 Å². The smallest absolute Gasteiger partial charge is 0.248 e. The van der Waals surface area contributed by atoms with Crippen molar-refractivity contribution in [1.82, 2.24) is 0 Å². The molecule has 0 unspecified atom stereocenters. The molecule has 23 heavy (non-hydrogen) atoms. The summed E-state index contributed by atoms with van der Waals surface area (Å²) in [5.74, 6) is -1.10. The number of nitrogens with one attached hydrogen (secondary N) is 1. The van der Waals surface area contributed by atoms with E-state index in [2.05, 4.69) is 11.9 Å². The second kappa shape index (κ2) is 5.10. The van der Waals surface area contributed by atoms with Gasteiger partial charge in [-0.1, -0.05) is 0 Å². The normalized spacial score (nSPS) is 40.0. The van der Waals surface area contributed by atoms with E-state index in [-0.39, 0.29) is 24.2 Å². The summed E-state index contributed by atoms with van der Waals surface area (Å²) in [7, 11) is 0. The molecule has 0 heterocycles. The summed E-state index contributed by atoms with van der Waals surface area (Å²) in [6, 6.07) is 0. The van der Waals surface area contributed by atoms with Crippen LogP contribution in [0.4, 0.5) is 8.78 Å². The minimum atomic E-state index is -2.37. The Hall–Kier alpha value is -0.800. The van der Waals surface area contributed by atoms with Crippen LogP contribution in [0.1, 0.15) is 77.6 Å². The molecule has 0 saturated heterocycles. The van der Waals surface area contributed by atoms with Crippen LogP contribution in [0, 0.1) is 28.1 Å². The van der Waals surface area contributed by atoms with Gasteiger partial charge in [0.25, 0.3) is 0 Å². The highest BCUT2D eigenvalue weighted by Gasteiger charge is 2.54. The molecule has 0 spiro atoms. The van der Waals surface area contributed by atoms with E-state index in [0.29, 0.717) is 17.2 Å². The molecule has 0 aliphatic heterocycles. The van der Waals surface area contributed by atoms with Gasteiger partial charge in [-0.2, -0.15) is 0 Å². The van der Waals surface area contributed by atoms with Gasteiger partial charge in [-0.05, 0) is 76.0 Å². The van der Waals surface area contributed by atoms with Crippen molar-refractivity contribution < 1.29 is 8.78 Å². The standard InChI is InChI=1S/C19H28F2N2/c1-13(23-16(22)15-2-3-15)18-7-4-17(5-8-18,6-9-18)10-14-11-19(20,21)12-14/h14-15,22H,2-12H2,1H3/b22-16?,23-13+. The van der Waals surface area contributed by atoms with Crippen LogP contribution in [0.5, 0.6) is 0 Å². The number of nitrogens with zero attached hydrogens (tertiary/aromatic N) is 1. The molecule has 5 rings (SSSR count). The molecule has 0 amide bonds. The fourth-order valence-corrected chi connectivity index (χ4v) is 5.40. The SMILES string of the molecule is C/C(=N\C(=N)C1CC1)C12CCC(CC3CC(F)(F)C3)(CC1)CC2. The molecular formula is C19H28F2N2. The Morgan fingerprint density at radius 3 is 2.09 bits per heavy atom. The number of alkyl halides is 2. The Bertz CT molecular complexity index is 515. The zero-order valence-electron chi connectivity index (χ0n) is 14.1. The number of fused-ring (bicyclic) bond motifs is 3. The topological polar surface area (TPSA) is 36.2 Å². The van der Waals surface area contributed by atoms with E-state index in [1.807, 2.05) is 0 Å². The maximum atomic E-state index is 13.1. The third-order valence-electron chi connectivity index (χ3n) is 7.32. The largest absolute Gasteiger partial charge is 0.286 e. The van der Waals surface area contributed by atoms with Gasteiger partial charge in [0, 0.05) is 29.9 Å². The number of rotatable bonds is 4. The van der Waals surface area contributed by atoms with Gasteiger partial charge in [-0.15, -0.1) is 0 Å². The molecular weight excluding hydrogens is 294 g/mol. The highest BCUT2D eigenvalue weighted by molar-refractivity contribution is 6.00. The van der Waals surface area contributed by atoms with E-state index >= 15 is 0 Å². The van der Waals surface area contributed by atoms with E-state index in [0.717, 1.165) is 38.5 Å². The van der Waals surface area contributed by atoms with Gasteiger partial charge in [0.1, 0.15) is 5.84 Å². The number of hydrogen-bond donors (Lipinski definition) is 1. The first-order valence-electron chi connectivity index (χ1n) is 9.34. The summed E-state index contributed by atoms with van der Waals surface area (Å²) in [4.78, 5) is 4.66. The first kappa shape index (κ1) is 15.7. The van der Waals surface area contributed by atoms with E-state index in [9.17, 15) is 8.78 Å². The summed E-state index contributed by atoms with van der Waals surface area (Å²) in [6.45, 7) is 2.13. The molecule has 0 aromatic heterocycles. The summed E-state index contributed by atoms with van der Waals surface area (Å²) in [5.41, 5.74) is 1.73. The van der Waals surface area contributed by atoms with Crippen LogP contribution in [0.25, 0.3) is 0 Å². The minimum Gasteiger partial charge on any atom is -0.286 e. The molecule has 128 valence electrons.